The first-order valence-electron chi connectivity index (χ1n) is 2.92. The molecular formula is C6H11BrN+. The molecular weight excluding hydrogens is 166 g/mol. The van der Waals surface area contributed by atoms with Gasteiger partial charge in [-0.05, 0) is 7.05 Å². The average molecular weight is 177 g/mol. The van der Waals surface area contributed by atoms with Crippen LogP contribution in [0.25, 0.3) is 0 Å². The first-order valence-corrected chi connectivity index (χ1v) is 4.04. The fraction of sp³-hybridized carbons (Fsp3) is 0.833. The van der Waals surface area contributed by atoms with E-state index in [-0.39, 0.29) is 0 Å². The van der Waals surface area contributed by atoms with Crippen LogP contribution in [0.15, 0.2) is 0 Å². The van der Waals surface area contributed by atoms with Crippen LogP contribution in [0.4, 0.5) is 0 Å². The monoisotopic (exact) mass is 176 g/mol. The van der Waals surface area contributed by atoms with Gasteiger partial charge in [0.1, 0.15) is 13.0 Å². The summed E-state index contributed by atoms with van der Waals surface area (Å²) in [6, 6.07) is 0.759. The van der Waals surface area contributed by atoms with E-state index in [1.165, 1.54) is 6.42 Å². The summed E-state index contributed by atoms with van der Waals surface area (Å²) in [4.78, 5) is 2.36. The van der Waals surface area contributed by atoms with E-state index in [2.05, 4.69) is 34.3 Å². The molecule has 0 aromatic rings. The molecule has 0 radical (unpaired) electrons. The maximum atomic E-state index is 3.45. The highest BCUT2D eigenvalue weighted by Crippen LogP contribution is 2.14. The molecule has 1 atom stereocenters. The van der Waals surface area contributed by atoms with Crippen LogP contribution in [-0.2, 0) is 0 Å². The Morgan fingerprint density at radius 2 is 2.62 bits per heavy atom. The third-order valence-corrected chi connectivity index (χ3v) is 2.40. The van der Waals surface area contributed by atoms with Crippen molar-refractivity contribution in [3.8, 4) is 0 Å². The van der Waals surface area contributed by atoms with Crippen LogP contribution in [0.3, 0.4) is 0 Å². The number of nitrogens with zero attached hydrogens (tertiary/aromatic N) is 1. The highest BCUT2D eigenvalue weighted by molar-refractivity contribution is 9.09. The molecule has 1 rings (SSSR count). The van der Waals surface area contributed by atoms with Gasteiger partial charge in [0.05, 0.1) is 12.5 Å². The average Bonchev–Trinajstić information content (AvgIpc) is 2.14. The number of alkyl halides is 1. The summed E-state index contributed by atoms with van der Waals surface area (Å²) in [6.07, 6.45) is 3.58. The van der Waals surface area contributed by atoms with Crippen LogP contribution in [0, 0.1) is 6.42 Å². The highest BCUT2D eigenvalue weighted by atomic mass is 79.9. The Kier molecular flexibility index (Phi) is 2.20. The molecule has 2 heteroatoms. The Hall–Kier alpha value is 0.310. The number of rotatable bonds is 1. The van der Waals surface area contributed by atoms with Crippen molar-refractivity contribution < 1.29 is 0 Å². The maximum Gasteiger partial charge on any atom is 0.141 e. The van der Waals surface area contributed by atoms with Crippen LogP contribution >= 0.6 is 15.9 Å². The first-order chi connectivity index (χ1) is 3.84. The van der Waals surface area contributed by atoms with Gasteiger partial charge in [-0.3, -0.25) is 4.90 Å². The van der Waals surface area contributed by atoms with Gasteiger partial charge in [0.25, 0.3) is 0 Å². The van der Waals surface area contributed by atoms with Crippen molar-refractivity contribution in [2.24, 2.45) is 0 Å². The van der Waals surface area contributed by atoms with E-state index in [1.54, 1.807) is 0 Å². The zero-order valence-electron chi connectivity index (χ0n) is 5.10. The standard InChI is InChI=1S/C6H11BrN/c1-8-4-2-3-6(8)5-7/h2,6H,3-5H2,1H3/q+1. The SMILES string of the molecule is CN1C[CH+]CC1CBr. The van der Waals surface area contributed by atoms with Gasteiger partial charge in [0, 0.05) is 5.33 Å². The van der Waals surface area contributed by atoms with Gasteiger partial charge >= 0.3 is 0 Å². The van der Waals surface area contributed by atoms with E-state index >= 15 is 0 Å². The number of hydrogen-bond donors (Lipinski definition) is 0. The number of halogens is 1. The van der Waals surface area contributed by atoms with Gasteiger partial charge in [0.2, 0.25) is 0 Å². The molecule has 1 aliphatic heterocycles. The summed E-state index contributed by atoms with van der Waals surface area (Å²) >= 11 is 3.45. The number of likely N-dealkylation sites (tertiary alicyclic amines) is 1. The van der Waals surface area contributed by atoms with Gasteiger partial charge in [-0.2, -0.15) is 0 Å². The van der Waals surface area contributed by atoms with Crippen molar-refractivity contribution in [2.75, 3.05) is 18.9 Å². The minimum Gasteiger partial charge on any atom is -0.260 e. The van der Waals surface area contributed by atoms with E-state index in [9.17, 15) is 0 Å². The lowest BCUT2D eigenvalue weighted by Crippen LogP contribution is -2.25. The topological polar surface area (TPSA) is 3.24 Å². The van der Waals surface area contributed by atoms with Crippen LogP contribution in [0.5, 0.6) is 0 Å². The van der Waals surface area contributed by atoms with E-state index in [4.69, 9.17) is 0 Å². The smallest absolute Gasteiger partial charge is 0.141 e. The van der Waals surface area contributed by atoms with Gasteiger partial charge < -0.3 is 0 Å². The van der Waals surface area contributed by atoms with Crippen LogP contribution < -0.4 is 0 Å². The lowest BCUT2D eigenvalue weighted by molar-refractivity contribution is 0.338. The molecule has 0 aromatic carbocycles. The van der Waals surface area contributed by atoms with Crippen LogP contribution in [-0.4, -0.2) is 29.9 Å². The summed E-state index contributed by atoms with van der Waals surface area (Å²) in [6.45, 7) is 1.16. The lowest BCUT2D eigenvalue weighted by atomic mass is 10.2. The molecule has 0 aliphatic carbocycles. The predicted octanol–water partition coefficient (Wildman–Crippen LogP) is 1.29. The molecule has 0 aromatic heterocycles. The molecule has 46 valence electrons. The summed E-state index contributed by atoms with van der Waals surface area (Å²) in [7, 11) is 2.16. The molecule has 1 fully saturated rings. The Labute approximate surface area is 59.2 Å². The van der Waals surface area contributed by atoms with Gasteiger partial charge in [-0.1, -0.05) is 15.9 Å². The van der Waals surface area contributed by atoms with Gasteiger partial charge in [-0.25, -0.2) is 0 Å². The van der Waals surface area contributed by atoms with Gasteiger partial charge in [0.15, 0.2) is 0 Å². The lowest BCUT2D eigenvalue weighted by Gasteiger charge is -2.10. The summed E-state index contributed by atoms with van der Waals surface area (Å²) in [5.74, 6) is 0. The fourth-order valence-corrected chi connectivity index (χ4v) is 1.74. The summed E-state index contributed by atoms with van der Waals surface area (Å²) < 4.78 is 0. The second kappa shape index (κ2) is 2.74. The molecule has 1 heterocycles. The third-order valence-electron chi connectivity index (χ3n) is 1.66. The largest absolute Gasteiger partial charge is 0.260 e. The Bertz CT molecular complexity index is 74.9. The molecule has 1 nitrogen and oxygen atoms in total. The molecule has 0 spiro atoms. The van der Waals surface area contributed by atoms with Crippen molar-refractivity contribution in [1.29, 1.82) is 0 Å². The van der Waals surface area contributed by atoms with E-state index in [0.717, 1.165) is 17.9 Å². The van der Waals surface area contributed by atoms with Crippen LogP contribution in [0.1, 0.15) is 6.42 Å². The van der Waals surface area contributed by atoms with E-state index < -0.39 is 0 Å². The van der Waals surface area contributed by atoms with Crippen molar-refractivity contribution in [1.82, 2.24) is 4.90 Å². The van der Waals surface area contributed by atoms with Gasteiger partial charge in [-0.15, -0.1) is 0 Å². The number of hydrogen-bond acceptors (Lipinski definition) is 1. The maximum absolute atomic E-state index is 3.45. The second-order valence-corrected chi connectivity index (χ2v) is 2.92. The van der Waals surface area contributed by atoms with E-state index in [1.807, 2.05) is 0 Å². The molecule has 0 bridgehead atoms. The molecule has 0 amide bonds. The third kappa shape index (κ3) is 1.17. The highest BCUT2D eigenvalue weighted by Gasteiger charge is 2.26. The zero-order valence-corrected chi connectivity index (χ0v) is 6.69. The zero-order chi connectivity index (χ0) is 5.98. The summed E-state index contributed by atoms with van der Waals surface area (Å²) in [5, 5.41) is 1.11. The molecule has 1 unspecified atom stereocenters. The molecule has 8 heavy (non-hydrogen) atoms. The molecule has 0 saturated carbocycles. The van der Waals surface area contributed by atoms with Crippen molar-refractivity contribution in [3.05, 3.63) is 6.42 Å². The normalized spacial score (nSPS) is 30.5. The minimum absolute atomic E-state index is 0.759. The quantitative estimate of drug-likeness (QED) is 0.431. The summed E-state index contributed by atoms with van der Waals surface area (Å²) in [5.41, 5.74) is 0. The molecule has 1 aliphatic rings. The minimum atomic E-state index is 0.759. The van der Waals surface area contributed by atoms with E-state index in [0.29, 0.717) is 0 Å². The first kappa shape index (κ1) is 6.43. The molecule has 1 saturated heterocycles. The fourth-order valence-electron chi connectivity index (χ4n) is 0.980. The predicted molar refractivity (Wildman–Crippen MR) is 39.1 cm³/mol. The molecule has 0 N–H and O–H groups in total. The van der Waals surface area contributed by atoms with Crippen molar-refractivity contribution in [3.63, 3.8) is 0 Å². The van der Waals surface area contributed by atoms with Crippen LogP contribution in [0.2, 0.25) is 0 Å². The van der Waals surface area contributed by atoms with Crippen molar-refractivity contribution in [2.45, 2.75) is 12.5 Å². The Balaban J connectivity index is 2.30. The Morgan fingerprint density at radius 1 is 1.88 bits per heavy atom. The van der Waals surface area contributed by atoms with Crippen molar-refractivity contribution >= 4 is 15.9 Å². The second-order valence-electron chi connectivity index (χ2n) is 2.27. The Morgan fingerprint density at radius 3 is 2.88 bits per heavy atom.